The summed E-state index contributed by atoms with van der Waals surface area (Å²) in [5.41, 5.74) is -0.594. The first kappa shape index (κ1) is 13.7. The summed E-state index contributed by atoms with van der Waals surface area (Å²) in [6, 6.07) is 3.21. The molecule has 1 rings (SSSR count). The summed E-state index contributed by atoms with van der Waals surface area (Å²) in [4.78, 5) is 32.9. The van der Waals surface area contributed by atoms with E-state index in [4.69, 9.17) is 15.3 Å². The minimum absolute atomic E-state index is 0.166. The third-order valence-corrected chi connectivity index (χ3v) is 2.13. The third kappa shape index (κ3) is 3.05. The van der Waals surface area contributed by atoms with Gasteiger partial charge in [0.1, 0.15) is 6.10 Å². The summed E-state index contributed by atoms with van der Waals surface area (Å²) >= 11 is 0. The van der Waals surface area contributed by atoms with Crippen molar-refractivity contribution in [3.63, 3.8) is 0 Å². The quantitative estimate of drug-likeness (QED) is 0.615. The molecule has 1 aromatic rings. The van der Waals surface area contributed by atoms with E-state index in [1.54, 1.807) is 0 Å². The second-order valence-corrected chi connectivity index (χ2v) is 3.54. The van der Waals surface area contributed by atoms with E-state index in [1.807, 2.05) is 0 Å². The van der Waals surface area contributed by atoms with E-state index < -0.39 is 23.9 Å². The van der Waals surface area contributed by atoms with Crippen LogP contribution >= 0.6 is 0 Å². The Bertz CT molecular complexity index is 508. The molecule has 0 fully saturated rings. The van der Waals surface area contributed by atoms with Crippen LogP contribution in [0.15, 0.2) is 18.2 Å². The van der Waals surface area contributed by atoms with Crippen LogP contribution in [0.1, 0.15) is 27.6 Å². The summed E-state index contributed by atoms with van der Waals surface area (Å²) in [6.45, 7) is 1.21. The van der Waals surface area contributed by atoms with E-state index in [0.717, 1.165) is 18.2 Å². The van der Waals surface area contributed by atoms with Crippen LogP contribution in [0, 0.1) is 0 Å². The number of carboxylic acids is 2. The van der Waals surface area contributed by atoms with Crippen LogP contribution in [-0.2, 0) is 4.79 Å². The molecule has 0 heterocycles. The predicted molar refractivity (Wildman–Crippen MR) is 60.7 cm³/mol. The lowest BCUT2D eigenvalue weighted by molar-refractivity contribution is -0.123. The van der Waals surface area contributed by atoms with Crippen LogP contribution in [0.4, 0.5) is 5.69 Å². The second-order valence-electron chi connectivity index (χ2n) is 3.54. The monoisotopic (exact) mass is 253 g/mol. The number of hydrogen-bond acceptors (Lipinski definition) is 4. The van der Waals surface area contributed by atoms with Gasteiger partial charge in [0.2, 0.25) is 0 Å². The molecule has 0 radical (unpaired) electrons. The van der Waals surface area contributed by atoms with Crippen molar-refractivity contribution in [3.05, 3.63) is 29.3 Å². The number of rotatable bonds is 4. The number of carbonyl (C=O) groups is 3. The zero-order valence-corrected chi connectivity index (χ0v) is 9.38. The Morgan fingerprint density at radius 1 is 1.17 bits per heavy atom. The summed E-state index contributed by atoms with van der Waals surface area (Å²) in [5, 5.41) is 28.8. The standard InChI is InChI=1S/C11H11NO6/c1-5(13)9(14)12-8-4-6(10(15)16)2-3-7(8)11(17)18/h2-5,13H,1H3,(H,12,14)(H,15,16)(H,17,18). The molecule has 0 bridgehead atoms. The van der Waals surface area contributed by atoms with Gasteiger partial charge in [-0.3, -0.25) is 4.79 Å². The van der Waals surface area contributed by atoms with Gasteiger partial charge < -0.3 is 20.6 Å². The smallest absolute Gasteiger partial charge is 0.337 e. The van der Waals surface area contributed by atoms with E-state index >= 15 is 0 Å². The molecule has 1 unspecified atom stereocenters. The SMILES string of the molecule is CC(O)C(=O)Nc1cc(C(=O)O)ccc1C(=O)O. The van der Waals surface area contributed by atoms with Crippen LogP contribution in [-0.4, -0.2) is 39.3 Å². The van der Waals surface area contributed by atoms with Crippen LogP contribution < -0.4 is 5.32 Å². The zero-order valence-electron chi connectivity index (χ0n) is 9.38. The van der Waals surface area contributed by atoms with Crippen molar-refractivity contribution < 1.29 is 29.7 Å². The molecule has 0 aromatic heterocycles. The molecule has 7 heteroatoms. The first-order valence-electron chi connectivity index (χ1n) is 4.92. The number of benzene rings is 1. The Hall–Kier alpha value is -2.41. The molecule has 0 saturated carbocycles. The Labute approximate surface area is 102 Å². The summed E-state index contributed by atoms with van der Waals surface area (Å²) in [6.07, 6.45) is -1.33. The second kappa shape index (κ2) is 5.28. The summed E-state index contributed by atoms with van der Waals surface area (Å²) in [5.74, 6) is -3.38. The van der Waals surface area contributed by atoms with E-state index in [-0.39, 0.29) is 16.8 Å². The van der Waals surface area contributed by atoms with Gasteiger partial charge in [0.25, 0.3) is 5.91 Å². The van der Waals surface area contributed by atoms with Gasteiger partial charge >= 0.3 is 11.9 Å². The highest BCUT2D eigenvalue weighted by molar-refractivity contribution is 6.03. The van der Waals surface area contributed by atoms with Crippen LogP contribution in [0.2, 0.25) is 0 Å². The number of aliphatic hydroxyl groups is 1. The molecule has 1 amide bonds. The molecule has 0 spiro atoms. The van der Waals surface area contributed by atoms with Gasteiger partial charge in [0.15, 0.2) is 0 Å². The molecule has 0 aliphatic rings. The van der Waals surface area contributed by atoms with Gasteiger partial charge in [-0.15, -0.1) is 0 Å². The molecule has 96 valence electrons. The Morgan fingerprint density at radius 2 is 1.78 bits per heavy atom. The highest BCUT2D eigenvalue weighted by Crippen LogP contribution is 2.18. The molecule has 0 aliphatic carbocycles. The maximum absolute atomic E-state index is 11.3. The maximum atomic E-state index is 11.3. The van der Waals surface area contributed by atoms with Gasteiger partial charge in [-0.1, -0.05) is 0 Å². The zero-order chi connectivity index (χ0) is 13.9. The van der Waals surface area contributed by atoms with Gasteiger partial charge in [-0.05, 0) is 25.1 Å². The Balaban J connectivity index is 3.19. The Morgan fingerprint density at radius 3 is 2.22 bits per heavy atom. The minimum Gasteiger partial charge on any atom is -0.478 e. The lowest BCUT2D eigenvalue weighted by atomic mass is 10.1. The molecule has 0 aliphatic heterocycles. The molecule has 7 nitrogen and oxygen atoms in total. The minimum atomic E-state index is -1.33. The average molecular weight is 253 g/mol. The first-order chi connectivity index (χ1) is 8.32. The van der Waals surface area contributed by atoms with E-state index in [1.165, 1.54) is 6.92 Å². The lowest BCUT2D eigenvalue weighted by Gasteiger charge is -2.10. The Kier molecular flexibility index (Phi) is 4.01. The topological polar surface area (TPSA) is 124 Å². The van der Waals surface area contributed by atoms with Crippen molar-refractivity contribution in [2.75, 3.05) is 5.32 Å². The number of aliphatic hydroxyl groups excluding tert-OH is 1. The number of aromatic carboxylic acids is 2. The van der Waals surface area contributed by atoms with Gasteiger partial charge in [-0.2, -0.15) is 0 Å². The third-order valence-electron chi connectivity index (χ3n) is 2.13. The fraction of sp³-hybridized carbons (Fsp3) is 0.182. The van der Waals surface area contributed by atoms with Crippen molar-refractivity contribution in [3.8, 4) is 0 Å². The fourth-order valence-corrected chi connectivity index (χ4v) is 1.20. The number of carbonyl (C=O) groups excluding carboxylic acids is 1. The number of carboxylic acid groups (broad SMARTS) is 2. The largest absolute Gasteiger partial charge is 0.478 e. The predicted octanol–water partition coefficient (Wildman–Crippen LogP) is 0.402. The van der Waals surface area contributed by atoms with Crippen molar-refractivity contribution in [2.45, 2.75) is 13.0 Å². The van der Waals surface area contributed by atoms with E-state index in [2.05, 4.69) is 5.32 Å². The van der Waals surface area contributed by atoms with Crippen LogP contribution in [0.5, 0.6) is 0 Å². The van der Waals surface area contributed by atoms with Gasteiger partial charge in [-0.25, -0.2) is 9.59 Å². The maximum Gasteiger partial charge on any atom is 0.337 e. The first-order valence-corrected chi connectivity index (χ1v) is 4.92. The average Bonchev–Trinajstić information content (AvgIpc) is 2.28. The molecule has 1 aromatic carbocycles. The highest BCUT2D eigenvalue weighted by Gasteiger charge is 2.17. The molecule has 1 atom stereocenters. The lowest BCUT2D eigenvalue weighted by Crippen LogP contribution is -2.25. The van der Waals surface area contributed by atoms with Crippen molar-refractivity contribution in [2.24, 2.45) is 0 Å². The molecular formula is C11H11NO6. The van der Waals surface area contributed by atoms with E-state index in [9.17, 15) is 14.4 Å². The van der Waals surface area contributed by atoms with Crippen molar-refractivity contribution in [1.82, 2.24) is 0 Å². The van der Waals surface area contributed by atoms with Gasteiger partial charge in [0.05, 0.1) is 16.8 Å². The normalized spacial score (nSPS) is 11.7. The van der Waals surface area contributed by atoms with Crippen LogP contribution in [0.25, 0.3) is 0 Å². The van der Waals surface area contributed by atoms with Gasteiger partial charge in [0, 0.05) is 0 Å². The number of anilines is 1. The number of hydrogen-bond donors (Lipinski definition) is 4. The molecular weight excluding hydrogens is 242 g/mol. The molecule has 18 heavy (non-hydrogen) atoms. The summed E-state index contributed by atoms with van der Waals surface area (Å²) < 4.78 is 0. The fourth-order valence-electron chi connectivity index (χ4n) is 1.20. The summed E-state index contributed by atoms with van der Waals surface area (Å²) in [7, 11) is 0. The number of nitrogens with one attached hydrogen (secondary N) is 1. The molecule has 0 saturated heterocycles. The molecule has 4 N–H and O–H groups in total. The van der Waals surface area contributed by atoms with Crippen LogP contribution in [0.3, 0.4) is 0 Å². The van der Waals surface area contributed by atoms with Crippen molar-refractivity contribution >= 4 is 23.5 Å². The number of amides is 1. The van der Waals surface area contributed by atoms with Crippen molar-refractivity contribution in [1.29, 1.82) is 0 Å². The highest BCUT2D eigenvalue weighted by atomic mass is 16.4. The van der Waals surface area contributed by atoms with E-state index in [0.29, 0.717) is 0 Å².